The number of anilines is 1. The Morgan fingerprint density at radius 1 is 0.935 bits per heavy atom. The van der Waals surface area contributed by atoms with E-state index in [0.717, 1.165) is 28.3 Å². The summed E-state index contributed by atoms with van der Waals surface area (Å²) in [6, 6.07) is 15.5. The molecule has 0 saturated heterocycles. The van der Waals surface area contributed by atoms with E-state index in [0.29, 0.717) is 42.9 Å². The number of benzene rings is 3. The lowest BCUT2D eigenvalue weighted by Crippen LogP contribution is -2.15. The summed E-state index contributed by atoms with van der Waals surface area (Å²) in [5.41, 5.74) is 2.62. The van der Waals surface area contributed by atoms with Crippen LogP contribution in [0.25, 0.3) is 0 Å². The van der Waals surface area contributed by atoms with Crippen LogP contribution in [-0.2, 0) is 13.2 Å². The highest BCUT2D eigenvalue weighted by Crippen LogP contribution is 2.36. The molecule has 0 fully saturated rings. The molecule has 31 heavy (non-hydrogen) atoms. The van der Waals surface area contributed by atoms with E-state index in [2.05, 4.69) is 5.32 Å². The first-order chi connectivity index (χ1) is 15.1. The Bertz CT molecular complexity index is 1040. The van der Waals surface area contributed by atoms with Crippen molar-refractivity contribution < 1.29 is 23.3 Å². The van der Waals surface area contributed by atoms with Gasteiger partial charge in [-0.1, -0.05) is 23.7 Å². The quantitative estimate of drug-likeness (QED) is 0.474. The molecule has 1 aliphatic heterocycles. The fraction of sp³-hybridized carbons (Fsp3) is 0.250. The summed E-state index contributed by atoms with van der Waals surface area (Å²) in [5.74, 6) is 2.34. The molecule has 0 spiro atoms. The zero-order chi connectivity index (χ0) is 21.6. The van der Waals surface area contributed by atoms with Crippen molar-refractivity contribution in [3.63, 3.8) is 0 Å². The van der Waals surface area contributed by atoms with Crippen molar-refractivity contribution in [3.8, 4) is 23.0 Å². The summed E-state index contributed by atoms with van der Waals surface area (Å²) in [4.78, 5) is 0. The molecule has 1 aliphatic rings. The Hall–Kier alpha value is -3.12. The van der Waals surface area contributed by atoms with Gasteiger partial charge in [-0.15, -0.1) is 0 Å². The number of rotatable bonds is 8. The van der Waals surface area contributed by atoms with Crippen molar-refractivity contribution in [1.29, 1.82) is 0 Å². The summed E-state index contributed by atoms with van der Waals surface area (Å²) in [7, 11) is 0. The lowest BCUT2D eigenvalue weighted by molar-refractivity contribution is 0.171. The predicted octanol–water partition coefficient (Wildman–Crippen LogP) is 5.84. The average Bonchev–Trinajstić information content (AvgIpc) is 2.79. The Balaban J connectivity index is 1.46. The van der Waals surface area contributed by atoms with Crippen molar-refractivity contribution in [2.45, 2.75) is 20.1 Å². The highest BCUT2D eigenvalue weighted by Gasteiger charge is 2.14. The molecule has 0 saturated carbocycles. The number of hydrogen-bond donors (Lipinski definition) is 1. The number of hydrogen-bond acceptors (Lipinski definition) is 5. The molecule has 5 nitrogen and oxygen atoms in total. The number of nitrogens with one attached hydrogen (secondary N) is 1. The minimum atomic E-state index is -0.281. The maximum Gasteiger partial charge on any atom is 0.163 e. The van der Waals surface area contributed by atoms with Gasteiger partial charge in [0, 0.05) is 29.4 Å². The second kappa shape index (κ2) is 9.79. The zero-order valence-electron chi connectivity index (χ0n) is 17.1. The molecule has 4 rings (SSSR count). The third-order valence-electron chi connectivity index (χ3n) is 4.75. The Morgan fingerprint density at radius 3 is 2.45 bits per heavy atom. The van der Waals surface area contributed by atoms with Crippen LogP contribution >= 0.6 is 11.6 Å². The summed E-state index contributed by atoms with van der Waals surface area (Å²) in [5, 5.41) is 3.91. The van der Waals surface area contributed by atoms with Gasteiger partial charge < -0.3 is 24.3 Å². The van der Waals surface area contributed by atoms with Gasteiger partial charge in [-0.25, -0.2) is 4.39 Å². The van der Waals surface area contributed by atoms with Crippen molar-refractivity contribution in [2.75, 3.05) is 25.1 Å². The Kier molecular flexibility index (Phi) is 6.67. The van der Waals surface area contributed by atoms with Crippen LogP contribution in [0.1, 0.15) is 18.1 Å². The molecule has 0 unspecified atom stereocenters. The lowest BCUT2D eigenvalue weighted by atomic mass is 10.1. The molecule has 3 aromatic carbocycles. The van der Waals surface area contributed by atoms with Crippen LogP contribution in [0.3, 0.4) is 0 Å². The molecule has 0 aliphatic carbocycles. The summed E-state index contributed by atoms with van der Waals surface area (Å²) >= 11 is 6.52. The highest BCUT2D eigenvalue weighted by atomic mass is 35.5. The van der Waals surface area contributed by atoms with E-state index in [9.17, 15) is 4.39 Å². The summed E-state index contributed by atoms with van der Waals surface area (Å²) < 4.78 is 35.9. The van der Waals surface area contributed by atoms with Gasteiger partial charge in [-0.2, -0.15) is 0 Å². The van der Waals surface area contributed by atoms with Crippen LogP contribution in [-0.4, -0.2) is 19.8 Å². The largest absolute Gasteiger partial charge is 0.490 e. The first kappa shape index (κ1) is 21.1. The Labute approximate surface area is 185 Å². The first-order valence-electron chi connectivity index (χ1n) is 10.1. The van der Waals surface area contributed by atoms with Crippen LogP contribution < -0.4 is 24.3 Å². The summed E-state index contributed by atoms with van der Waals surface area (Å²) in [6.45, 7) is 4.28. The van der Waals surface area contributed by atoms with E-state index in [1.807, 2.05) is 31.2 Å². The van der Waals surface area contributed by atoms with Gasteiger partial charge in [-0.3, -0.25) is 0 Å². The monoisotopic (exact) mass is 443 g/mol. The molecule has 0 radical (unpaired) electrons. The molecular weight excluding hydrogens is 421 g/mol. The lowest BCUT2D eigenvalue weighted by Gasteiger charge is -2.19. The van der Waals surface area contributed by atoms with E-state index in [-0.39, 0.29) is 12.4 Å². The number of fused-ring (bicyclic) bond motifs is 1. The molecule has 162 valence electrons. The third kappa shape index (κ3) is 5.33. The minimum Gasteiger partial charge on any atom is -0.490 e. The second-order valence-corrected chi connectivity index (χ2v) is 7.36. The van der Waals surface area contributed by atoms with Gasteiger partial charge in [0.15, 0.2) is 23.0 Å². The van der Waals surface area contributed by atoms with Crippen LogP contribution in [0.4, 0.5) is 10.1 Å². The molecular formula is C24H23ClFNO4. The van der Waals surface area contributed by atoms with Crippen LogP contribution in [0, 0.1) is 5.82 Å². The smallest absolute Gasteiger partial charge is 0.163 e. The highest BCUT2D eigenvalue weighted by molar-refractivity contribution is 6.31. The Morgan fingerprint density at radius 2 is 1.68 bits per heavy atom. The van der Waals surface area contributed by atoms with E-state index in [1.165, 1.54) is 12.1 Å². The molecule has 0 amide bonds. The first-order valence-corrected chi connectivity index (χ1v) is 10.5. The molecule has 1 heterocycles. The fourth-order valence-electron chi connectivity index (χ4n) is 3.19. The van der Waals surface area contributed by atoms with Gasteiger partial charge in [0.2, 0.25) is 0 Å². The van der Waals surface area contributed by atoms with Gasteiger partial charge in [0.1, 0.15) is 25.6 Å². The van der Waals surface area contributed by atoms with Crippen molar-refractivity contribution in [3.05, 3.63) is 76.6 Å². The average molecular weight is 444 g/mol. The van der Waals surface area contributed by atoms with E-state index >= 15 is 0 Å². The van der Waals surface area contributed by atoms with Crippen LogP contribution in [0.15, 0.2) is 54.6 Å². The van der Waals surface area contributed by atoms with Crippen LogP contribution in [0.5, 0.6) is 23.0 Å². The van der Waals surface area contributed by atoms with Crippen molar-refractivity contribution >= 4 is 17.3 Å². The minimum absolute atomic E-state index is 0.281. The molecule has 0 aromatic heterocycles. The van der Waals surface area contributed by atoms with E-state index < -0.39 is 0 Å². The standard InChI is InChI=1S/C24H23ClFNO4/c1-2-28-22-11-17(14-27-19-7-8-21-23(12-19)30-10-9-29-21)20(25)13-24(22)31-15-16-3-5-18(26)6-4-16/h3-8,11-13,27H,2,9-10,14-15H2,1H3. The SMILES string of the molecule is CCOc1cc(CNc2ccc3c(c2)OCCO3)c(Cl)cc1OCc1ccc(F)cc1. The van der Waals surface area contributed by atoms with Crippen molar-refractivity contribution in [2.24, 2.45) is 0 Å². The predicted molar refractivity (Wildman–Crippen MR) is 118 cm³/mol. The zero-order valence-corrected chi connectivity index (χ0v) is 17.9. The number of halogens is 2. The summed E-state index contributed by atoms with van der Waals surface area (Å²) in [6.07, 6.45) is 0. The second-order valence-electron chi connectivity index (χ2n) is 6.95. The maximum absolute atomic E-state index is 13.1. The van der Waals surface area contributed by atoms with Gasteiger partial charge in [0.25, 0.3) is 0 Å². The fourth-order valence-corrected chi connectivity index (χ4v) is 3.41. The molecule has 1 N–H and O–H groups in total. The van der Waals surface area contributed by atoms with E-state index in [4.69, 9.17) is 30.5 Å². The third-order valence-corrected chi connectivity index (χ3v) is 5.10. The van der Waals surface area contributed by atoms with Crippen molar-refractivity contribution in [1.82, 2.24) is 0 Å². The topological polar surface area (TPSA) is 49.0 Å². The van der Waals surface area contributed by atoms with Crippen LogP contribution in [0.2, 0.25) is 5.02 Å². The molecule has 0 atom stereocenters. The maximum atomic E-state index is 13.1. The normalized spacial score (nSPS) is 12.4. The number of ether oxygens (including phenoxy) is 4. The van der Waals surface area contributed by atoms with Gasteiger partial charge >= 0.3 is 0 Å². The molecule has 7 heteroatoms. The molecule has 0 bridgehead atoms. The molecule has 3 aromatic rings. The van der Waals surface area contributed by atoms with E-state index in [1.54, 1.807) is 18.2 Å². The van der Waals surface area contributed by atoms with Gasteiger partial charge in [0.05, 0.1) is 6.61 Å². The van der Waals surface area contributed by atoms with Gasteiger partial charge in [-0.05, 0) is 48.4 Å².